The summed E-state index contributed by atoms with van der Waals surface area (Å²) in [6, 6.07) is 5.58. The molecular weight excluding hydrogens is 255 g/mol. The lowest BCUT2D eigenvalue weighted by Gasteiger charge is -2.04. The molecule has 0 aliphatic carbocycles. The lowest BCUT2D eigenvalue weighted by atomic mass is 10.2. The lowest BCUT2D eigenvalue weighted by molar-refractivity contribution is 0.679. The summed E-state index contributed by atoms with van der Waals surface area (Å²) in [7, 11) is -2.56. The molecule has 1 heterocycles. The second kappa shape index (κ2) is 5.05. The summed E-state index contributed by atoms with van der Waals surface area (Å²) in [5.41, 5.74) is 2.30. The quantitative estimate of drug-likeness (QED) is 0.823. The minimum absolute atomic E-state index is 0. The maximum Gasteiger partial charge on any atom is 0.0697 e. The normalized spacial score (nSPS) is 16.3. The van der Waals surface area contributed by atoms with E-state index < -0.39 is 9.73 Å². The van der Waals surface area contributed by atoms with Crippen LogP contribution in [0.1, 0.15) is 5.56 Å². The summed E-state index contributed by atoms with van der Waals surface area (Å²) in [6.45, 7) is 0.946. The van der Waals surface area contributed by atoms with Crippen molar-refractivity contribution in [2.45, 2.75) is 11.3 Å². The van der Waals surface area contributed by atoms with Crippen LogP contribution in [0.3, 0.4) is 0 Å². The van der Waals surface area contributed by atoms with E-state index in [2.05, 4.69) is 5.32 Å². The van der Waals surface area contributed by atoms with Crippen molar-refractivity contribution >= 4 is 40.2 Å². The van der Waals surface area contributed by atoms with E-state index in [1.54, 1.807) is 6.07 Å². The molecule has 0 aromatic heterocycles. The van der Waals surface area contributed by atoms with Crippen molar-refractivity contribution in [2.75, 3.05) is 18.1 Å². The zero-order valence-electron chi connectivity index (χ0n) is 8.28. The molecule has 0 spiro atoms. The smallest absolute Gasteiger partial charge is 0.0697 e. The molecule has 0 amide bonds. The predicted molar refractivity (Wildman–Crippen MR) is 68.2 cm³/mol. The second-order valence-electron chi connectivity index (χ2n) is 3.34. The van der Waals surface area contributed by atoms with Gasteiger partial charge in [0.15, 0.2) is 0 Å². The Morgan fingerprint density at radius 1 is 1.40 bits per heavy atom. The third kappa shape index (κ3) is 3.00. The molecule has 1 aromatic carbocycles. The summed E-state index contributed by atoms with van der Waals surface area (Å²) in [6.07, 6.45) is 2.47. The molecule has 1 aliphatic rings. The fraction of sp³-hybridized carbons (Fsp3) is 0.333. The zero-order valence-corrected chi connectivity index (χ0v) is 10.7. The zero-order chi connectivity index (χ0) is 9.47. The highest BCUT2D eigenvalue weighted by Gasteiger charge is 2.12. The highest BCUT2D eigenvalue weighted by atomic mass is 35.5. The molecule has 86 valence electrons. The molecular formula is C9H14Cl2N2OS. The van der Waals surface area contributed by atoms with Crippen LogP contribution in [0.4, 0.5) is 5.69 Å². The Morgan fingerprint density at radius 2 is 2.07 bits per heavy atom. The largest absolute Gasteiger partial charge is 0.384 e. The van der Waals surface area contributed by atoms with Gasteiger partial charge in [0.1, 0.15) is 0 Å². The van der Waals surface area contributed by atoms with Crippen LogP contribution in [0, 0.1) is 4.78 Å². The first-order valence-electron chi connectivity index (χ1n) is 4.18. The molecule has 6 heteroatoms. The highest BCUT2D eigenvalue weighted by Crippen LogP contribution is 2.25. The lowest BCUT2D eigenvalue weighted by Crippen LogP contribution is -1.96. The second-order valence-corrected chi connectivity index (χ2v) is 5.50. The molecule has 0 saturated carbocycles. The average molecular weight is 269 g/mol. The number of nitrogens with one attached hydrogen (secondary N) is 2. The molecule has 0 fully saturated rings. The maximum atomic E-state index is 11.4. The average Bonchev–Trinajstić information content (AvgIpc) is 2.47. The summed E-state index contributed by atoms with van der Waals surface area (Å²) < 4.78 is 18.9. The Kier molecular flexibility index (Phi) is 4.90. The summed E-state index contributed by atoms with van der Waals surface area (Å²) in [5, 5.41) is 3.20. The van der Waals surface area contributed by atoms with E-state index in [0.717, 1.165) is 18.7 Å². The Bertz CT molecular complexity index is 445. The molecule has 1 atom stereocenters. The molecule has 15 heavy (non-hydrogen) atoms. The van der Waals surface area contributed by atoms with Gasteiger partial charge in [0.25, 0.3) is 0 Å². The third-order valence-corrected chi connectivity index (χ3v) is 3.39. The Hall–Kier alpha value is -0.450. The van der Waals surface area contributed by atoms with Gasteiger partial charge >= 0.3 is 0 Å². The van der Waals surface area contributed by atoms with Crippen LogP contribution in [0.15, 0.2) is 23.1 Å². The van der Waals surface area contributed by atoms with Crippen LogP contribution in [0.5, 0.6) is 0 Å². The van der Waals surface area contributed by atoms with E-state index >= 15 is 0 Å². The monoisotopic (exact) mass is 268 g/mol. The van der Waals surface area contributed by atoms with E-state index in [9.17, 15) is 4.21 Å². The van der Waals surface area contributed by atoms with Gasteiger partial charge in [-0.2, -0.15) is 0 Å². The summed E-state index contributed by atoms with van der Waals surface area (Å²) in [5.74, 6) is 0. The summed E-state index contributed by atoms with van der Waals surface area (Å²) in [4.78, 5) is 0.612. The molecule has 0 radical (unpaired) electrons. The number of rotatable bonds is 1. The van der Waals surface area contributed by atoms with Crippen molar-refractivity contribution in [3.8, 4) is 0 Å². The fourth-order valence-electron chi connectivity index (χ4n) is 1.51. The van der Waals surface area contributed by atoms with Gasteiger partial charge in [-0.25, -0.2) is 8.99 Å². The third-order valence-electron chi connectivity index (χ3n) is 2.24. The molecule has 0 bridgehead atoms. The van der Waals surface area contributed by atoms with E-state index in [-0.39, 0.29) is 24.8 Å². The van der Waals surface area contributed by atoms with Gasteiger partial charge in [-0.1, -0.05) is 6.07 Å². The molecule has 2 N–H and O–H groups in total. The Morgan fingerprint density at radius 3 is 2.67 bits per heavy atom. The first-order valence-corrected chi connectivity index (χ1v) is 6.14. The van der Waals surface area contributed by atoms with E-state index in [4.69, 9.17) is 4.78 Å². The molecule has 1 aromatic rings. The standard InChI is InChI=1S/C9H12N2OS.2ClH/c1-13(10,12)8-3-2-7-4-5-11-9(7)6-8;;/h2-3,6,10-11H,4-5H2,1H3;2*1H. The van der Waals surface area contributed by atoms with Gasteiger partial charge in [0.05, 0.1) is 9.73 Å². The van der Waals surface area contributed by atoms with Gasteiger partial charge in [-0.05, 0) is 24.1 Å². The number of anilines is 1. The number of hydrogen-bond acceptors (Lipinski definition) is 3. The van der Waals surface area contributed by atoms with Crippen LogP contribution in [0.25, 0.3) is 0 Å². The number of hydrogen-bond donors (Lipinski definition) is 2. The van der Waals surface area contributed by atoms with Crippen molar-refractivity contribution < 1.29 is 4.21 Å². The van der Waals surface area contributed by atoms with Gasteiger partial charge < -0.3 is 5.32 Å². The fourth-order valence-corrected chi connectivity index (χ4v) is 2.18. The van der Waals surface area contributed by atoms with Crippen molar-refractivity contribution in [3.63, 3.8) is 0 Å². The minimum Gasteiger partial charge on any atom is -0.384 e. The van der Waals surface area contributed by atoms with Gasteiger partial charge in [-0.15, -0.1) is 24.8 Å². The SMILES string of the molecule is CS(=N)(=O)c1ccc2c(c1)NCC2.Cl.Cl. The van der Waals surface area contributed by atoms with E-state index in [0.29, 0.717) is 4.90 Å². The van der Waals surface area contributed by atoms with Crippen molar-refractivity contribution in [2.24, 2.45) is 0 Å². The van der Waals surface area contributed by atoms with Crippen molar-refractivity contribution in [1.29, 1.82) is 4.78 Å². The van der Waals surface area contributed by atoms with Crippen molar-refractivity contribution in [3.05, 3.63) is 23.8 Å². The molecule has 2 rings (SSSR count). The van der Waals surface area contributed by atoms with Gasteiger partial charge in [-0.3, -0.25) is 0 Å². The maximum absolute atomic E-state index is 11.4. The van der Waals surface area contributed by atoms with Gasteiger partial charge in [0, 0.05) is 23.4 Å². The van der Waals surface area contributed by atoms with Crippen LogP contribution < -0.4 is 5.32 Å². The molecule has 1 unspecified atom stereocenters. The van der Waals surface area contributed by atoms with Crippen LogP contribution in [-0.4, -0.2) is 17.0 Å². The number of benzene rings is 1. The molecule has 3 nitrogen and oxygen atoms in total. The minimum atomic E-state index is -2.56. The van der Waals surface area contributed by atoms with E-state index in [1.807, 2.05) is 12.1 Å². The van der Waals surface area contributed by atoms with Crippen molar-refractivity contribution in [1.82, 2.24) is 0 Å². The predicted octanol–water partition coefficient (Wildman–Crippen LogP) is 2.53. The van der Waals surface area contributed by atoms with Crippen LogP contribution in [0.2, 0.25) is 0 Å². The topological polar surface area (TPSA) is 53.0 Å². The van der Waals surface area contributed by atoms with Gasteiger partial charge in [0.2, 0.25) is 0 Å². The van der Waals surface area contributed by atoms with Crippen LogP contribution >= 0.6 is 24.8 Å². The number of fused-ring (bicyclic) bond motifs is 1. The Labute approximate surface area is 102 Å². The first kappa shape index (κ1) is 14.6. The summed E-state index contributed by atoms with van der Waals surface area (Å²) >= 11 is 0. The number of halogens is 2. The highest BCUT2D eigenvalue weighted by molar-refractivity contribution is 7.91. The molecule has 0 saturated heterocycles. The van der Waals surface area contributed by atoms with E-state index in [1.165, 1.54) is 11.8 Å². The molecule has 1 aliphatic heterocycles. The van der Waals surface area contributed by atoms with Crippen LogP contribution in [-0.2, 0) is 16.1 Å². The first-order chi connectivity index (χ1) is 6.07. The Balaban J connectivity index is 0.000000980.